The smallest absolute Gasteiger partial charge is 0.235 e. The standard InChI is InChI=1S/C14H15N3OS2/c1-8-7-20-13(16-8)10-11(18)17-12(19)9(6-15)14(10)4-2-3-5-14/h7,10,19H,2-5H2,1H3,(H,17,18)/t10-/m1/s1. The van der Waals surface area contributed by atoms with Crippen molar-refractivity contribution in [3.63, 3.8) is 0 Å². The number of thiol groups is 1. The first-order chi connectivity index (χ1) is 9.58. The fourth-order valence-corrected chi connectivity index (χ4v) is 4.84. The largest absolute Gasteiger partial charge is 0.319 e. The van der Waals surface area contributed by atoms with Crippen molar-refractivity contribution >= 4 is 29.9 Å². The molecule has 0 aromatic carbocycles. The van der Waals surface area contributed by atoms with Crippen molar-refractivity contribution in [1.29, 1.82) is 5.26 Å². The highest BCUT2D eigenvalue weighted by Crippen LogP contribution is 2.56. The van der Waals surface area contributed by atoms with E-state index in [1.54, 1.807) is 0 Å². The van der Waals surface area contributed by atoms with Crippen molar-refractivity contribution in [2.45, 2.75) is 38.5 Å². The van der Waals surface area contributed by atoms with Gasteiger partial charge < -0.3 is 5.32 Å². The van der Waals surface area contributed by atoms with E-state index in [0.29, 0.717) is 10.6 Å². The number of aromatic nitrogens is 1. The molecule has 4 nitrogen and oxygen atoms in total. The van der Waals surface area contributed by atoms with Gasteiger partial charge in [0.05, 0.1) is 16.7 Å². The van der Waals surface area contributed by atoms with Gasteiger partial charge in [-0.3, -0.25) is 4.79 Å². The molecule has 0 bridgehead atoms. The minimum absolute atomic E-state index is 0.0785. The van der Waals surface area contributed by atoms with Crippen molar-refractivity contribution in [2.24, 2.45) is 5.41 Å². The van der Waals surface area contributed by atoms with Crippen LogP contribution in [0.3, 0.4) is 0 Å². The number of hydrogen-bond acceptors (Lipinski definition) is 5. The first-order valence-electron chi connectivity index (χ1n) is 6.65. The lowest BCUT2D eigenvalue weighted by molar-refractivity contribution is -0.124. The molecular formula is C14H15N3OS2. The van der Waals surface area contributed by atoms with Crippen LogP contribution in [-0.2, 0) is 4.79 Å². The summed E-state index contributed by atoms with van der Waals surface area (Å²) < 4.78 is 0. The zero-order valence-corrected chi connectivity index (χ0v) is 12.9. The number of rotatable bonds is 1. The van der Waals surface area contributed by atoms with Crippen LogP contribution in [0.15, 0.2) is 16.0 Å². The summed E-state index contributed by atoms with van der Waals surface area (Å²) >= 11 is 5.82. The van der Waals surface area contributed by atoms with Gasteiger partial charge in [-0.2, -0.15) is 5.26 Å². The summed E-state index contributed by atoms with van der Waals surface area (Å²) in [5.74, 6) is -0.431. The molecule has 104 valence electrons. The monoisotopic (exact) mass is 305 g/mol. The van der Waals surface area contributed by atoms with Gasteiger partial charge >= 0.3 is 0 Å². The van der Waals surface area contributed by atoms with E-state index < -0.39 is 5.41 Å². The van der Waals surface area contributed by atoms with Gasteiger partial charge in [-0.1, -0.05) is 12.8 Å². The molecule has 1 aliphatic carbocycles. The van der Waals surface area contributed by atoms with Crippen molar-refractivity contribution in [3.05, 3.63) is 26.7 Å². The number of carbonyl (C=O) groups is 1. The average Bonchev–Trinajstić information content (AvgIpc) is 3.00. The molecule has 1 aliphatic heterocycles. The number of aryl methyl sites for hydroxylation is 1. The van der Waals surface area contributed by atoms with E-state index in [9.17, 15) is 10.1 Å². The van der Waals surface area contributed by atoms with E-state index in [2.05, 4.69) is 29.0 Å². The highest BCUT2D eigenvalue weighted by atomic mass is 32.1. The Labute approximate surface area is 127 Å². The number of nitriles is 1. The number of hydrogen-bond donors (Lipinski definition) is 2. The van der Waals surface area contributed by atoms with Crippen LogP contribution in [0.5, 0.6) is 0 Å². The summed E-state index contributed by atoms with van der Waals surface area (Å²) in [7, 11) is 0. The first-order valence-corrected chi connectivity index (χ1v) is 7.98. The maximum atomic E-state index is 12.5. The maximum Gasteiger partial charge on any atom is 0.235 e. The second-order valence-corrected chi connectivity index (χ2v) is 6.78. The summed E-state index contributed by atoms with van der Waals surface area (Å²) in [6.07, 6.45) is 3.80. The molecule has 1 aromatic rings. The molecule has 1 N–H and O–H groups in total. The molecule has 1 saturated carbocycles. The normalized spacial score (nSPS) is 24.9. The van der Waals surface area contributed by atoms with Crippen LogP contribution in [0.2, 0.25) is 0 Å². The van der Waals surface area contributed by atoms with Crippen LogP contribution in [-0.4, -0.2) is 10.9 Å². The van der Waals surface area contributed by atoms with E-state index in [-0.39, 0.29) is 11.8 Å². The molecule has 2 heterocycles. The quantitative estimate of drug-likeness (QED) is 0.784. The van der Waals surface area contributed by atoms with Crippen LogP contribution >= 0.6 is 24.0 Å². The molecule has 1 amide bonds. The van der Waals surface area contributed by atoms with Gasteiger partial charge in [-0.25, -0.2) is 4.98 Å². The maximum absolute atomic E-state index is 12.5. The lowest BCUT2D eigenvalue weighted by Gasteiger charge is -2.39. The molecular weight excluding hydrogens is 290 g/mol. The third kappa shape index (κ3) is 1.88. The molecule has 0 saturated heterocycles. The predicted molar refractivity (Wildman–Crippen MR) is 80.3 cm³/mol. The minimum Gasteiger partial charge on any atom is -0.319 e. The van der Waals surface area contributed by atoms with Gasteiger partial charge in [-0.05, 0) is 19.8 Å². The Kier molecular flexibility index (Phi) is 3.35. The lowest BCUT2D eigenvalue weighted by Crippen LogP contribution is -2.44. The zero-order chi connectivity index (χ0) is 14.3. The SMILES string of the molecule is Cc1csc([C@H]2C(=O)NC(S)=C(C#N)C23CCCC3)n1. The highest BCUT2D eigenvalue weighted by molar-refractivity contribution is 7.84. The van der Waals surface area contributed by atoms with Gasteiger partial charge in [0.25, 0.3) is 0 Å². The second-order valence-electron chi connectivity index (χ2n) is 5.45. The van der Waals surface area contributed by atoms with E-state index in [1.165, 1.54) is 11.3 Å². The zero-order valence-electron chi connectivity index (χ0n) is 11.1. The Morgan fingerprint density at radius 2 is 2.25 bits per heavy atom. The summed E-state index contributed by atoms with van der Waals surface area (Å²) in [5.41, 5.74) is 1.14. The van der Waals surface area contributed by atoms with Gasteiger partial charge in [0.1, 0.15) is 10.9 Å². The predicted octanol–water partition coefficient (Wildman–Crippen LogP) is 2.89. The molecule has 2 aliphatic rings. The molecule has 6 heteroatoms. The molecule has 0 radical (unpaired) electrons. The fraction of sp³-hybridized carbons (Fsp3) is 0.500. The van der Waals surface area contributed by atoms with Crippen LogP contribution in [0, 0.1) is 23.7 Å². The molecule has 1 fully saturated rings. The summed E-state index contributed by atoms with van der Waals surface area (Å²) in [6, 6.07) is 2.28. The number of thiazole rings is 1. The van der Waals surface area contributed by atoms with Crippen molar-refractivity contribution in [3.8, 4) is 6.07 Å². The highest BCUT2D eigenvalue weighted by Gasteiger charge is 2.53. The minimum atomic E-state index is -0.404. The van der Waals surface area contributed by atoms with Gasteiger partial charge in [0, 0.05) is 16.5 Å². The molecule has 1 aromatic heterocycles. The number of carbonyl (C=O) groups excluding carboxylic acids is 1. The number of amides is 1. The third-order valence-electron chi connectivity index (χ3n) is 4.28. The van der Waals surface area contributed by atoms with E-state index in [0.717, 1.165) is 36.4 Å². The Morgan fingerprint density at radius 1 is 1.55 bits per heavy atom. The summed E-state index contributed by atoms with van der Waals surface area (Å²) in [4.78, 5) is 17.0. The topological polar surface area (TPSA) is 65.8 Å². The van der Waals surface area contributed by atoms with Crippen LogP contribution in [0.1, 0.15) is 42.3 Å². The number of allylic oxidation sites excluding steroid dienone is 1. The van der Waals surface area contributed by atoms with E-state index >= 15 is 0 Å². The number of nitrogens with zero attached hydrogens (tertiary/aromatic N) is 2. The van der Waals surface area contributed by atoms with Crippen LogP contribution < -0.4 is 5.32 Å². The van der Waals surface area contributed by atoms with Crippen molar-refractivity contribution in [2.75, 3.05) is 0 Å². The Bertz CT molecular complexity index is 635. The molecule has 1 spiro atoms. The summed E-state index contributed by atoms with van der Waals surface area (Å²) in [5, 5.41) is 15.4. The Hall–Kier alpha value is -1.32. The number of nitrogens with one attached hydrogen (secondary N) is 1. The first kappa shape index (κ1) is 13.7. The second kappa shape index (κ2) is 4.90. The van der Waals surface area contributed by atoms with Gasteiger partial charge in [-0.15, -0.1) is 24.0 Å². The Balaban J connectivity index is 2.17. The van der Waals surface area contributed by atoms with Gasteiger partial charge in [0.15, 0.2) is 0 Å². The van der Waals surface area contributed by atoms with E-state index in [4.69, 9.17) is 0 Å². The molecule has 3 rings (SSSR count). The van der Waals surface area contributed by atoms with Crippen LogP contribution in [0.25, 0.3) is 0 Å². The van der Waals surface area contributed by atoms with E-state index in [1.807, 2.05) is 12.3 Å². The third-order valence-corrected chi connectivity index (χ3v) is 5.65. The van der Waals surface area contributed by atoms with Gasteiger partial charge in [0.2, 0.25) is 5.91 Å². The summed E-state index contributed by atoms with van der Waals surface area (Å²) in [6.45, 7) is 1.92. The fourth-order valence-electron chi connectivity index (χ4n) is 3.44. The molecule has 0 unspecified atom stereocenters. The molecule has 20 heavy (non-hydrogen) atoms. The lowest BCUT2D eigenvalue weighted by atomic mass is 9.67. The van der Waals surface area contributed by atoms with Crippen LogP contribution in [0.4, 0.5) is 0 Å². The van der Waals surface area contributed by atoms with Crippen molar-refractivity contribution in [1.82, 2.24) is 10.3 Å². The average molecular weight is 305 g/mol. The Morgan fingerprint density at radius 3 is 2.80 bits per heavy atom. The van der Waals surface area contributed by atoms with Crippen molar-refractivity contribution < 1.29 is 4.79 Å². The molecule has 1 atom stereocenters.